The molecule has 152 valence electrons. The number of para-hydroxylation sites is 1. The fourth-order valence-electron chi connectivity index (χ4n) is 5.01. The van der Waals surface area contributed by atoms with Gasteiger partial charge in [-0.05, 0) is 40.3 Å². The van der Waals surface area contributed by atoms with Gasteiger partial charge in [-0.1, -0.05) is 56.3 Å². The summed E-state index contributed by atoms with van der Waals surface area (Å²) in [6.07, 6.45) is 1.31. The number of carbonyl (C=O) groups excluding carboxylic acids is 1. The third kappa shape index (κ3) is 2.78. The van der Waals surface area contributed by atoms with E-state index in [0.29, 0.717) is 17.7 Å². The molecular weight excluding hydrogens is 374 g/mol. The SMILES string of the molecule is COc1cccc([C@@H]2Nc3ccc4ccccc4c3C3=C2C(=O)CC(C)(C)C3)c1O. The first-order valence-electron chi connectivity index (χ1n) is 10.3. The van der Waals surface area contributed by atoms with E-state index in [1.54, 1.807) is 6.07 Å². The molecular formula is C26H25NO3. The van der Waals surface area contributed by atoms with Crippen LogP contribution in [0.5, 0.6) is 11.5 Å². The van der Waals surface area contributed by atoms with Gasteiger partial charge in [-0.15, -0.1) is 0 Å². The quantitative estimate of drug-likeness (QED) is 0.566. The van der Waals surface area contributed by atoms with Gasteiger partial charge in [-0.2, -0.15) is 0 Å². The van der Waals surface area contributed by atoms with Gasteiger partial charge in [0.15, 0.2) is 17.3 Å². The molecule has 0 fully saturated rings. The van der Waals surface area contributed by atoms with E-state index in [2.05, 4.69) is 43.4 Å². The summed E-state index contributed by atoms with van der Waals surface area (Å²) < 4.78 is 5.32. The van der Waals surface area contributed by atoms with Gasteiger partial charge in [0, 0.05) is 28.8 Å². The summed E-state index contributed by atoms with van der Waals surface area (Å²) in [5.74, 6) is 0.620. The van der Waals surface area contributed by atoms with Gasteiger partial charge in [0.1, 0.15) is 0 Å². The summed E-state index contributed by atoms with van der Waals surface area (Å²) in [7, 11) is 1.54. The Kier molecular flexibility index (Phi) is 4.14. The van der Waals surface area contributed by atoms with Crippen LogP contribution in [-0.4, -0.2) is 18.0 Å². The number of hydrogen-bond acceptors (Lipinski definition) is 4. The number of ketones is 1. The molecule has 1 aliphatic heterocycles. The smallest absolute Gasteiger partial charge is 0.163 e. The Morgan fingerprint density at radius 3 is 2.63 bits per heavy atom. The molecule has 4 nitrogen and oxygen atoms in total. The molecule has 0 amide bonds. The average Bonchev–Trinajstić information content (AvgIpc) is 2.72. The average molecular weight is 399 g/mol. The van der Waals surface area contributed by atoms with Crippen molar-refractivity contribution in [2.24, 2.45) is 5.41 Å². The minimum absolute atomic E-state index is 0.0752. The van der Waals surface area contributed by atoms with Crippen LogP contribution in [0, 0.1) is 5.41 Å². The van der Waals surface area contributed by atoms with E-state index in [1.807, 2.05) is 24.3 Å². The summed E-state index contributed by atoms with van der Waals surface area (Å²) in [5.41, 5.74) is 4.51. The van der Waals surface area contributed by atoms with Gasteiger partial charge in [0.25, 0.3) is 0 Å². The zero-order valence-electron chi connectivity index (χ0n) is 17.5. The van der Waals surface area contributed by atoms with E-state index in [9.17, 15) is 9.90 Å². The maximum Gasteiger partial charge on any atom is 0.163 e. The molecule has 0 aromatic heterocycles. The Labute approximate surface area is 176 Å². The molecule has 0 spiro atoms. The lowest BCUT2D eigenvalue weighted by Gasteiger charge is -2.40. The summed E-state index contributed by atoms with van der Waals surface area (Å²) in [6, 6.07) is 17.5. The summed E-state index contributed by atoms with van der Waals surface area (Å²) in [4.78, 5) is 13.4. The van der Waals surface area contributed by atoms with E-state index in [1.165, 1.54) is 7.11 Å². The second-order valence-corrected chi connectivity index (χ2v) is 9.02. The molecule has 0 saturated carbocycles. The molecule has 0 saturated heterocycles. The van der Waals surface area contributed by atoms with Crippen molar-refractivity contribution in [3.8, 4) is 11.5 Å². The molecule has 0 radical (unpaired) electrons. The van der Waals surface area contributed by atoms with Gasteiger partial charge >= 0.3 is 0 Å². The number of aromatic hydroxyl groups is 1. The number of allylic oxidation sites excluding steroid dienone is 1. The molecule has 30 heavy (non-hydrogen) atoms. The zero-order valence-corrected chi connectivity index (χ0v) is 17.5. The van der Waals surface area contributed by atoms with Crippen LogP contribution in [0.25, 0.3) is 16.3 Å². The highest BCUT2D eigenvalue weighted by atomic mass is 16.5. The highest BCUT2D eigenvalue weighted by molar-refractivity contribution is 6.13. The number of benzene rings is 3. The summed E-state index contributed by atoms with van der Waals surface area (Å²) >= 11 is 0. The van der Waals surface area contributed by atoms with Gasteiger partial charge in [0.2, 0.25) is 0 Å². The molecule has 3 aromatic carbocycles. The Morgan fingerprint density at radius 2 is 1.83 bits per heavy atom. The van der Waals surface area contributed by atoms with Crippen molar-refractivity contribution in [2.75, 3.05) is 12.4 Å². The topological polar surface area (TPSA) is 58.6 Å². The molecule has 0 bridgehead atoms. The lowest BCUT2D eigenvalue weighted by Crippen LogP contribution is -2.33. The normalized spacial score (nSPS) is 19.8. The number of fused-ring (bicyclic) bond motifs is 4. The number of phenols is 1. The Bertz CT molecular complexity index is 1220. The van der Waals surface area contributed by atoms with Crippen LogP contribution < -0.4 is 10.1 Å². The van der Waals surface area contributed by atoms with E-state index in [-0.39, 0.29) is 16.9 Å². The highest BCUT2D eigenvalue weighted by Crippen LogP contribution is 2.53. The molecule has 0 unspecified atom stereocenters. The van der Waals surface area contributed by atoms with Crippen molar-refractivity contribution in [1.82, 2.24) is 0 Å². The van der Waals surface area contributed by atoms with Gasteiger partial charge in [-0.25, -0.2) is 0 Å². The first-order chi connectivity index (χ1) is 14.4. The molecule has 2 aliphatic rings. The van der Waals surface area contributed by atoms with Gasteiger partial charge < -0.3 is 15.2 Å². The predicted molar refractivity (Wildman–Crippen MR) is 120 cm³/mol. The fraction of sp³-hybridized carbons (Fsp3) is 0.269. The first kappa shape index (κ1) is 18.7. The standard InChI is InChI=1S/C26H25NO3/c1-26(2)13-18-22-16-8-5-4-7-15(16)11-12-19(22)27-24(23(18)20(28)14-26)17-9-6-10-21(30-3)25(17)29/h4-12,24,27,29H,13-14H2,1-3H3/t24-/m0/s1. The number of rotatable bonds is 2. The van der Waals surface area contributed by atoms with Gasteiger partial charge in [0.05, 0.1) is 13.2 Å². The number of ether oxygens (including phenoxy) is 1. The number of nitrogens with one attached hydrogen (secondary N) is 1. The maximum atomic E-state index is 13.4. The summed E-state index contributed by atoms with van der Waals surface area (Å²) in [5, 5.41) is 16.7. The molecule has 1 atom stereocenters. The fourth-order valence-corrected chi connectivity index (χ4v) is 5.01. The first-order valence-corrected chi connectivity index (χ1v) is 10.3. The van der Waals surface area contributed by atoms with Crippen LogP contribution in [0.15, 0.2) is 60.2 Å². The predicted octanol–water partition coefficient (Wildman–Crippen LogP) is 5.86. The molecule has 1 aliphatic carbocycles. The zero-order chi connectivity index (χ0) is 21.0. The van der Waals surface area contributed by atoms with Crippen molar-refractivity contribution in [3.05, 3.63) is 71.3 Å². The van der Waals surface area contributed by atoms with E-state index < -0.39 is 6.04 Å². The van der Waals surface area contributed by atoms with Crippen LogP contribution in [-0.2, 0) is 4.79 Å². The second kappa shape index (κ2) is 6.63. The largest absolute Gasteiger partial charge is 0.504 e. The van der Waals surface area contributed by atoms with Crippen LogP contribution in [0.4, 0.5) is 5.69 Å². The van der Waals surface area contributed by atoms with Crippen molar-refractivity contribution in [2.45, 2.75) is 32.7 Å². The number of phenolic OH excluding ortho intramolecular Hbond substituents is 1. The number of methoxy groups -OCH3 is 1. The minimum atomic E-state index is -0.410. The van der Waals surface area contributed by atoms with E-state index >= 15 is 0 Å². The highest BCUT2D eigenvalue weighted by Gasteiger charge is 2.41. The Hall–Kier alpha value is -3.27. The Balaban J connectivity index is 1.81. The monoisotopic (exact) mass is 399 g/mol. The molecule has 3 aromatic rings. The number of carbonyl (C=O) groups is 1. The molecule has 1 heterocycles. The minimum Gasteiger partial charge on any atom is -0.504 e. The number of hydrogen-bond donors (Lipinski definition) is 2. The van der Waals surface area contributed by atoms with Crippen molar-refractivity contribution >= 4 is 27.8 Å². The molecule has 4 heteroatoms. The summed E-state index contributed by atoms with van der Waals surface area (Å²) in [6.45, 7) is 4.30. The molecule has 2 N–H and O–H groups in total. The van der Waals surface area contributed by atoms with E-state index in [0.717, 1.165) is 39.6 Å². The van der Waals surface area contributed by atoms with Crippen molar-refractivity contribution < 1.29 is 14.6 Å². The second-order valence-electron chi connectivity index (χ2n) is 9.02. The molecule has 5 rings (SSSR count). The van der Waals surface area contributed by atoms with Crippen LogP contribution in [0.1, 0.15) is 43.9 Å². The van der Waals surface area contributed by atoms with Crippen LogP contribution in [0.2, 0.25) is 0 Å². The Morgan fingerprint density at radius 1 is 1.03 bits per heavy atom. The van der Waals surface area contributed by atoms with E-state index in [4.69, 9.17) is 4.74 Å². The van der Waals surface area contributed by atoms with Crippen LogP contribution >= 0.6 is 0 Å². The lowest BCUT2D eigenvalue weighted by molar-refractivity contribution is -0.118. The third-order valence-corrected chi connectivity index (χ3v) is 6.30. The van der Waals surface area contributed by atoms with Gasteiger partial charge in [-0.3, -0.25) is 4.79 Å². The number of anilines is 1. The van der Waals surface area contributed by atoms with Crippen molar-refractivity contribution in [3.63, 3.8) is 0 Å². The van der Waals surface area contributed by atoms with Crippen LogP contribution in [0.3, 0.4) is 0 Å². The van der Waals surface area contributed by atoms with Crippen molar-refractivity contribution in [1.29, 1.82) is 0 Å². The maximum absolute atomic E-state index is 13.4. The lowest BCUT2D eigenvalue weighted by atomic mass is 9.68. The third-order valence-electron chi connectivity index (χ3n) is 6.30. The number of Topliss-reactive ketones (excluding diaryl/α,β-unsaturated/α-hetero) is 1.